The van der Waals surface area contributed by atoms with Crippen molar-refractivity contribution in [3.05, 3.63) is 114 Å². The summed E-state index contributed by atoms with van der Waals surface area (Å²) in [7, 11) is 0. The van der Waals surface area contributed by atoms with E-state index in [1.165, 1.54) is 11.6 Å². The molecule has 0 amide bonds. The van der Waals surface area contributed by atoms with Crippen LogP contribution in [0.15, 0.2) is 91.1 Å². The molecule has 0 fully saturated rings. The van der Waals surface area contributed by atoms with E-state index in [0.29, 0.717) is 12.8 Å². The van der Waals surface area contributed by atoms with Crippen molar-refractivity contribution in [3.63, 3.8) is 0 Å². The third-order valence-electron chi connectivity index (χ3n) is 4.94. The molecule has 1 unspecified atom stereocenters. The minimum atomic E-state index is -0.212. The average molecular weight is 397 g/mol. The monoisotopic (exact) mass is 397 g/mol. The topological polar surface area (TPSA) is 37.8 Å². The first-order valence-electron chi connectivity index (χ1n) is 10.1. The molecule has 4 rings (SSSR count). The number of benzene rings is 3. The van der Waals surface area contributed by atoms with Crippen LogP contribution < -0.4 is 5.32 Å². The normalized spacial score (nSPS) is 11.8. The minimum absolute atomic E-state index is 0.0817. The second-order valence-corrected chi connectivity index (χ2v) is 7.46. The summed E-state index contributed by atoms with van der Waals surface area (Å²) in [6.07, 6.45) is 3.19. The lowest BCUT2D eigenvalue weighted by molar-refractivity contribution is 0.624. The maximum absolute atomic E-state index is 13.5. The Morgan fingerprint density at radius 2 is 1.57 bits per heavy atom. The highest BCUT2D eigenvalue weighted by atomic mass is 19.1. The number of rotatable bonds is 7. The molecule has 0 bridgehead atoms. The lowest BCUT2D eigenvalue weighted by atomic mass is 10.1. The van der Waals surface area contributed by atoms with Gasteiger partial charge >= 0.3 is 0 Å². The molecule has 3 aromatic carbocycles. The molecule has 1 N–H and O–H groups in total. The van der Waals surface area contributed by atoms with Gasteiger partial charge in [-0.3, -0.25) is 0 Å². The van der Waals surface area contributed by atoms with E-state index >= 15 is 0 Å². The maximum atomic E-state index is 13.5. The minimum Gasteiger partial charge on any atom is -0.366 e. The Morgan fingerprint density at radius 3 is 2.30 bits per heavy atom. The van der Waals surface area contributed by atoms with Gasteiger partial charge in [-0.25, -0.2) is 14.4 Å². The summed E-state index contributed by atoms with van der Waals surface area (Å²) < 4.78 is 13.5. The Labute approximate surface area is 176 Å². The van der Waals surface area contributed by atoms with Gasteiger partial charge in [0.15, 0.2) is 0 Å². The second kappa shape index (κ2) is 9.31. The van der Waals surface area contributed by atoms with Gasteiger partial charge in [0.25, 0.3) is 0 Å². The molecular formula is C26H24FN3. The summed E-state index contributed by atoms with van der Waals surface area (Å²) in [6.45, 7) is 2.07. The fourth-order valence-corrected chi connectivity index (χ4v) is 3.51. The largest absolute Gasteiger partial charge is 0.366 e. The molecule has 1 atom stereocenters. The zero-order valence-electron chi connectivity index (χ0n) is 16.9. The van der Waals surface area contributed by atoms with E-state index in [9.17, 15) is 4.39 Å². The quantitative estimate of drug-likeness (QED) is 0.421. The van der Waals surface area contributed by atoms with Gasteiger partial charge in [-0.05, 0) is 36.6 Å². The molecule has 1 heterocycles. The Morgan fingerprint density at radius 1 is 0.867 bits per heavy atom. The van der Waals surface area contributed by atoms with Crippen molar-refractivity contribution in [2.24, 2.45) is 0 Å². The molecular weight excluding hydrogens is 373 g/mol. The Bertz CT molecular complexity index is 1100. The Hall–Kier alpha value is -3.53. The summed E-state index contributed by atoms with van der Waals surface area (Å²) >= 11 is 0. The van der Waals surface area contributed by atoms with Crippen LogP contribution >= 0.6 is 0 Å². The number of hydrogen-bond donors (Lipinski definition) is 1. The van der Waals surface area contributed by atoms with E-state index in [4.69, 9.17) is 9.97 Å². The van der Waals surface area contributed by atoms with Crippen molar-refractivity contribution in [2.45, 2.75) is 25.8 Å². The lowest BCUT2D eigenvalue weighted by Gasteiger charge is -2.18. The van der Waals surface area contributed by atoms with Gasteiger partial charge < -0.3 is 5.32 Å². The van der Waals surface area contributed by atoms with Gasteiger partial charge in [0, 0.05) is 18.0 Å². The number of halogens is 1. The Kier molecular flexibility index (Phi) is 6.14. The fraction of sp³-hybridized carbons (Fsp3) is 0.154. The standard InChI is InChI=1S/C26H24FN3/c1-19(15-21-11-8-14-23(27)16-21)29-26-24(17-20-9-4-2-5-10-20)30-25(18-28-26)22-12-6-3-7-13-22/h2-14,16,18-19H,15,17H2,1H3,(H,28,29). The van der Waals surface area contributed by atoms with E-state index < -0.39 is 0 Å². The summed E-state index contributed by atoms with van der Waals surface area (Å²) in [5, 5.41) is 3.48. The predicted molar refractivity (Wildman–Crippen MR) is 120 cm³/mol. The van der Waals surface area contributed by atoms with Crippen LogP contribution in [0.2, 0.25) is 0 Å². The van der Waals surface area contributed by atoms with Crippen molar-refractivity contribution in [3.8, 4) is 11.3 Å². The molecule has 0 aliphatic carbocycles. The molecule has 0 aliphatic heterocycles. The first kappa shape index (κ1) is 19.8. The van der Waals surface area contributed by atoms with E-state index in [-0.39, 0.29) is 11.9 Å². The molecule has 4 heteroatoms. The highest BCUT2D eigenvalue weighted by Crippen LogP contribution is 2.22. The molecule has 0 aliphatic rings. The molecule has 4 aromatic rings. The maximum Gasteiger partial charge on any atom is 0.148 e. The van der Waals surface area contributed by atoms with E-state index in [0.717, 1.165) is 28.3 Å². The first-order valence-corrected chi connectivity index (χ1v) is 10.1. The van der Waals surface area contributed by atoms with Gasteiger partial charge in [0.1, 0.15) is 11.6 Å². The summed E-state index contributed by atoms with van der Waals surface area (Å²) in [6, 6.07) is 27.1. The van der Waals surface area contributed by atoms with Crippen LogP contribution in [0, 0.1) is 5.82 Å². The van der Waals surface area contributed by atoms with Gasteiger partial charge in [-0.15, -0.1) is 0 Å². The molecule has 0 radical (unpaired) electrons. The molecule has 1 aromatic heterocycles. The van der Waals surface area contributed by atoms with Crippen LogP contribution in [-0.2, 0) is 12.8 Å². The smallest absolute Gasteiger partial charge is 0.148 e. The fourth-order valence-electron chi connectivity index (χ4n) is 3.51. The van der Waals surface area contributed by atoms with E-state index in [1.54, 1.807) is 18.3 Å². The number of anilines is 1. The molecule has 30 heavy (non-hydrogen) atoms. The summed E-state index contributed by atoms with van der Waals surface area (Å²) in [5.74, 6) is 0.555. The molecule has 0 spiro atoms. The SMILES string of the molecule is CC(Cc1cccc(F)c1)Nc1ncc(-c2ccccc2)nc1Cc1ccccc1. The van der Waals surface area contributed by atoms with Crippen molar-refractivity contribution >= 4 is 5.82 Å². The van der Waals surface area contributed by atoms with Crippen LogP contribution in [0.4, 0.5) is 10.2 Å². The summed E-state index contributed by atoms with van der Waals surface area (Å²) in [5.41, 5.74) is 4.92. The molecule has 0 saturated carbocycles. The Balaban J connectivity index is 1.60. The molecule has 3 nitrogen and oxygen atoms in total. The molecule has 0 saturated heterocycles. The van der Waals surface area contributed by atoms with Crippen molar-refractivity contribution in [1.29, 1.82) is 0 Å². The number of aromatic nitrogens is 2. The number of hydrogen-bond acceptors (Lipinski definition) is 3. The number of nitrogens with zero attached hydrogens (tertiary/aromatic N) is 2. The van der Waals surface area contributed by atoms with Gasteiger partial charge in [-0.2, -0.15) is 0 Å². The van der Waals surface area contributed by atoms with E-state index in [1.807, 2.05) is 54.6 Å². The third-order valence-corrected chi connectivity index (χ3v) is 4.94. The lowest BCUT2D eigenvalue weighted by Crippen LogP contribution is -2.20. The van der Waals surface area contributed by atoms with Gasteiger partial charge in [-0.1, -0.05) is 72.8 Å². The third kappa shape index (κ3) is 5.09. The second-order valence-electron chi connectivity index (χ2n) is 7.46. The van der Waals surface area contributed by atoms with Crippen LogP contribution in [0.25, 0.3) is 11.3 Å². The van der Waals surface area contributed by atoms with Crippen molar-refractivity contribution in [1.82, 2.24) is 9.97 Å². The van der Waals surface area contributed by atoms with Gasteiger partial charge in [0.05, 0.1) is 17.6 Å². The van der Waals surface area contributed by atoms with Crippen LogP contribution in [0.5, 0.6) is 0 Å². The zero-order chi connectivity index (χ0) is 20.8. The summed E-state index contributed by atoms with van der Waals surface area (Å²) in [4.78, 5) is 9.63. The molecule has 150 valence electrons. The van der Waals surface area contributed by atoms with Crippen molar-refractivity contribution < 1.29 is 4.39 Å². The van der Waals surface area contributed by atoms with Crippen molar-refractivity contribution in [2.75, 3.05) is 5.32 Å². The first-order chi connectivity index (χ1) is 14.7. The zero-order valence-corrected chi connectivity index (χ0v) is 16.9. The highest BCUT2D eigenvalue weighted by Gasteiger charge is 2.13. The van der Waals surface area contributed by atoms with Gasteiger partial charge in [0.2, 0.25) is 0 Å². The average Bonchev–Trinajstić information content (AvgIpc) is 2.76. The van der Waals surface area contributed by atoms with Crippen LogP contribution in [0.3, 0.4) is 0 Å². The number of nitrogens with one attached hydrogen (secondary N) is 1. The predicted octanol–water partition coefficient (Wildman–Crippen LogP) is 5.92. The van der Waals surface area contributed by atoms with E-state index in [2.05, 4.69) is 24.4 Å². The van der Waals surface area contributed by atoms with Crippen LogP contribution in [-0.4, -0.2) is 16.0 Å². The van der Waals surface area contributed by atoms with Crippen LogP contribution in [0.1, 0.15) is 23.7 Å². The highest BCUT2D eigenvalue weighted by molar-refractivity contribution is 5.60.